The van der Waals surface area contributed by atoms with Crippen LogP contribution >= 0.6 is 0 Å². The molecule has 0 unspecified atom stereocenters. The number of nitrogens with zero attached hydrogens (tertiary/aromatic N) is 4. The molecule has 378 valence electrons. The Balaban J connectivity index is 1.26. The fraction of sp³-hybridized carbons (Fsp3) is 0.127. The molecule has 4 nitrogen and oxygen atoms in total. The monoisotopic (exact) mass is 1020 g/mol. The molecular weight excluding hydrogens is 966 g/mol. The summed E-state index contributed by atoms with van der Waals surface area (Å²) < 4.78 is 49.2. The lowest BCUT2D eigenvalue weighted by atomic mass is 9.96. The lowest BCUT2D eigenvalue weighted by molar-refractivity contribution is -0.137. The van der Waals surface area contributed by atoms with Gasteiger partial charge in [0, 0.05) is 21.5 Å². The average molecular weight is 1020 g/mol. The molecule has 10 aromatic carbocycles. The van der Waals surface area contributed by atoms with Crippen LogP contribution in [0, 0.1) is 78.1 Å². The molecule has 0 N–H and O–H groups in total. The third kappa shape index (κ3) is 8.78. The van der Waals surface area contributed by atoms with Crippen molar-refractivity contribution in [1.82, 2.24) is 9.13 Å². The van der Waals surface area contributed by atoms with Gasteiger partial charge in [-0.15, -0.1) is 0 Å². The van der Waals surface area contributed by atoms with Crippen molar-refractivity contribution in [3.8, 4) is 79.1 Å². The SMILES string of the molecule is Cc1cc(C)cc(-c2ccc3c4ccc(-c5cc(C)cc(C)c5)cc4n(-c4cc(-c5cc(C#N)cc(C(F)(F)F)c5)cc(-n5c6cc(-c7cc(C)cc(C)c7)ccc6c6ccc(-c7cc(C)cc(C)c7)cc65)c4C#N)c3c2)c1. The minimum atomic E-state index is -4.75. The van der Waals surface area contributed by atoms with Gasteiger partial charge < -0.3 is 9.13 Å². The summed E-state index contributed by atoms with van der Waals surface area (Å²) in [6, 6.07) is 63.6. The Bertz CT molecular complexity index is 4060. The standard InChI is InChI=1S/C71H53F3N4/c1-40-17-41(2)22-53(21-40)49-9-13-60-61-14-10-50(54-23-42(3)18-43(4)24-54)33-66(61)77(65(60)32-49)69-36-58(57-29-48(38-75)30-59(31-57)71(72,73)74)37-70(64(69)39-76)78-67-34-51(55-25-44(5)19-45(6)26-55)11-15-62(67)63-16-12-52(35-68(63)78)56-27-46(7)20-47(8)28-56/h9-37H,1-8H3. The van der Waals surface area contributed by atoms with E-state index in [1.807, 2.05) is 18.2 Å². The largest absolute Gasteiger partial charge is 0.416 e. The van der Waals surface area contributed by atoms with Crippen LogP contribution in [0.15, 0.2) is 176 Å². The second-order valence-electron chi connectivity index (χ2n) is 21.5. The Morgan fingerprint density at radius 1 is 0.308 bits per heavy atom. The normalized spacial score (nSPS) is 11.8. The first kappa shape index (κ1) is 49.4. The van der Waals surface area contributed by atoms with Crippen LogP contribution in [0.1, 0.15) is 61.2 Å². The molecule has 12 aromatic rings. The number of nitriles is 2. The molecule has 0 atom stereocenters. The van der Waals surface area contributed by atoms with Gasteiger partial charge >= 0.3 is 6.18 Å². The van der Waals surface area contributed by atoms with Gasteiger partial charge in [-0.3, -0.25) is 0 Å². The fourth-order valence-electron chi connectivity index (χ4n) is 12.1. The first-order valence-electron chi connectivity index (χ1n) is 26.1. The van der Waals surface area contributed by atoms with Crippen LogP contribution < -0.4 is 0 Å². The Kier molecular flexibility index (Phi) is 11.8. The van der Waals surface area contributed by atoms with E-state index >= 15 is 0 Å². The highest BCUT2D eigenvalue weighted by Crippen LogP contribution is 2.45. The summed E-state index contributed by atoms with van der Waals surface area (Å²) >= 11 is 0. The molecule has 0 spiro atoms. The van der Waals surface area contributed by atoms with Crippen LogP contribution in [-0.2, 0) is 6.18 Å². The van der Waals surface area contributed by atoms with Crippen molar-refractivity contribution < 1.29 is 13.2 Å². The molecule has 0 aliphatic heterocycles. The summed E-state index contributed by atoms with van der Waals surface area (Å²) in [4.78, 5) is 0. The third-order valence-electron chi connectivity index (χ3n) is 15.2. The molecule has 0 amide bonds. The summed E-state index contributed by atoms with van der Waals surface area (Å²) in [6.45, 7) is 16.7. The number of fused-ring (bicyclic) bond motifs is 6. The number of aromatic nitrogens is 2. The van der Waals surface area contributed by atoms with E-state index in [-0.39, 0.29) is 11.1 Å². The van der Waals surface area contributed by atoms with Crippen molar-refractivity contribution in [3.63, 3.8) is 0 Å². The van der Waals surface area contributed by atoms with Crippen LogP contribution in [-0.4, -0.2) is 9.13 Å². The quantitative estimate of drug-likeness (QED) is 0.160. The van der Waals surface area contributed by atoms with E-state index in [0.29, 0.717) is 22.5 Å². The van der Waals surface area contributed by atoms with Crippen molar-refractivity contribution in [3.05, 3.63) is 237 Å². The Labute approximate surface area is 452 Å². The summed E-state index contributed by atoms with van der Waals surface area (Å²) in [6.07, 6.45) is -4.75. The number of hydrogen-bond acceptors (Lipinski definition) is 2. The van der Waals surface area contributed by atoms with Gasteiger partial charge in [-0.1, -0.05) is 166 Å². The van der Waals surface area contributed by atoms with Crippen LogP contribution in [0.2, 0.25) is 0 Å². The summed E-state index contributed by atoms with van der Waals surface area (Å²) in [5, 5.41) is 26.2. The molecule has 0 bridgehead atoms. The lowest BCUT2D eigenvalue weighted by Gasteiger charge is -2.20. The number of aryl methyl sites for hydroxylation is 8. The highest BCUT2D eigenvalue weighted by Gasteiger charge is 2.32. The number of rotatable bonds is 7. The predicted molar refractivity (Wildman–Crippen MR) is 315 cm³/mol. The zero-order valence-electron chi connectivity index (χ0n) is 44.7. The molecule has 0 radical (unpaired) electrons. The topological polar surface area (TPSA) is 57.4 Å². The molecule has 2 aromatic heterocycles. The maximum absolute atomic E-state index is 15.0. The molecule has 0 fully saturated rings. The third-order valence-corrected chi connectivity index (χ3v) is 15.2. The molecule has 0 saturated carbocycles. The zero-order chi connectivity index (χ0) is 54.5. The average Bonchev–Trinajstić information content (AvgIpc) is 3.99. The van der Waals surface area contributed by atoms with Crippen molar-refractivity contribution in [2.24, 2.45) is 0 Å². The molecule has 0 saturated heterocycles. The Morgan fingerprint density at radius 3 is 0.859 bits per heavy atom. The van der Waals surface area contributed by atoms with Crippen LogP contribution in [0.5, 0.6) is 0 Å². The number of hydrogen-bond donors (Lipinski definition) is 0. The van der Waals surface area contributed by atoms with Crippen LogP contribution in [0.4, 0.5) is 13.2 Å². The molecule has 78 heavy (non-hydrogen) atoms. The van der Waals surface area contributed by atoms with Crippen molar-refractivity contribution in [1.29, 1.82) is 10.5 Å². The highest BCUT2D eigenvalue weighted by atomic mass is 19.4. The summed E-state index contributed by atoms with van der Waals surface area (Å²) in [7, 11) is 0. The van der Waals surface area contributed by atoms with E-state index in [2.05, 4.69) is 216 Å². The first-order chi connectivity index (χ1) is 37.4. The number of alkyl halides is 3. The second-order valence-corrected chi connectivity index (χ2v) is 21.5. The minimum absolute atomic E-state index is 0.131. The van der Waals surface area contributed by atoms with Gasteiger partial charge in [-0.2, -0.15) is 23.7 Å². The van der Waals surface area contributed by atoms with Gasteiger partial charge in [-0.25, -0.2) is 0 Å². The lowest BCUT2D eigenvalue weighted by Crippen LogP contribution is -2.07. The first-order valence-corrected chi connectivity index (χ1v) is 26.1. The van der Waals surface area contributed by atoms with E-state index in [1.54, 1.807) is 0 Å². The Hall–Kier alpha value is -9.43. The fourth-order valence-corrected chi connectivity index (χ4v) is 12.1. The van der Waals surface area contributed by atoms with E-state index in [0.717, 1.165) is 145 Å². The van der Waals surface area contributed by atoms with Gasteiger partial charge in [0.05, 0.1) is 50.6 Å². The maximum Gasteiger partial charge on any atom is 0.416 e. The smallest absolute Gasteiger partial charge is 0.308 e. The Morgan fingerprint density at radius 2 is 0.590 bits per heavy atom. The van der Waals surface area contributed by atoms with E-state index < -0.39 is 11.7 Å². The predicted octanol–water partition coefficient (Wildman–Crippen LogP) is 19.4. The van der Waals surface area contributed by atoms with Crippen LogP contribution in [0.3, 0.4) is 0 Å². The molecule has 7 heteroatoms. The van der Waals surface area contributed by atoms with Crippen molar-refractivity contribution in [2.45, 2.75) is 61.6 Å². The van der Waals surface area contributed by atoms with Gasteiger partial charge in [0.15, 0.2) is 0 Å². The number of halogens is 3. The molecule has 0 aliphatic carbocycles. The van der Waals surface area contributed by atoms with Crippen molar-refractivity contribution >= 4 is 43.6 Å². The molecular formula is C71H53F3N4. The van der Waals surface area contributed by atoms with E-state index in [4.69, 9.17) is 0 Å². The highest BCUT2D eigenvalue weighted by molar-refractivity contribution is 6.13. The molecule has 12 rings (SSSR count). The van der Waals surface area contributed by atoms with Crippen molar-refractivity contribution in [2.75, 3.05) is 0 Å². The van der Waals surface area contributed by atoms with E-state index in [1.165, 1.54) is 6.07 Å². The molecule has 0 aliphatic rings. The zero-order valence-corrected chi connectivity index (χ0v) is 44.7. The van der Waals surface area contributed by atoms with Gasteiger partial charge in [-0.05, 0) is 166 Å². The van der Waals surface area contributed by atoms with Gasteiger partial charge in [0.1, 0.15) is 11.6 Å². The minimum Gasteiger partial charge on any atom is -0.308 e. The van der Waals surface area contributed by atoms with Gasteiger partial charge in [0.2, 0.25) is 0 Å². The van der Waals surface area contributed by atoms with E-state index in [9.17, 15) is 23.7 Å². The maximum atomic E-state index is 15.0. The molecule has 2 heterocycles. The number of benzene rings is 10. The summed E-state index contributed by atoms with van der Waals surface area (Å²) in [5.41, 5.74) is 21.1. The second kappa shape index (κ2) is 18.7. The van der Waals surface area contributed by atoms with Gasteiger partial charge in [0.25, 0.3) is 0 Å². The summed E-state index contributed by atoms with van der Waals surface area (Å²) in [5.74, 6) is 0. The van der Waals surface area contributed by atoms with Crippen LogP contribution in [0.25, 0.3) is 111 Å².